The molecular formula is C12H18O4. The fourth-order valence-electron chi connectivity index (χ4n) is 1.27. The summed E-state index contributed by atoms with van der Waals surface area (Å²) in [7, 11) is 0. The molecule has 0 aromatic heterocycles. The van der Waals surface area contributed by atoms with Crippen molar-refractivity contribution >= 4 is 0 Å². The second-order valence-corrected chi connectivity index (χ2v) is 3.64. The fraction of sp³-hybridized carbons (Fsp3) is 0.500. The van der Waals surface area contributed by atoms with Gasteiger partial charge >= 0.3 is 0 Å². The molecule has 90 valence electrons. The molecule has 0 aliphatic rings. The highest BCUT2D eigenvalue weighted by atomic mass is 16.5. The highest BCUT2D eigenvalue weighted by molar-refractivity contribution is 5.28. The number of aliphatic hydroxyl groups is 3. The van der Waals surface area contributed by atoms with E-state index in [1.807, 2.05) is 6.92 Å². The van der Waals surface area contributed by atoms with Crippen molar-refractivity contribution in [2.75, 3.05) is 13.2 Å². The molecule has 0 radical (unpaired) electrons. The molecule has 0 bridgehead atoms. The van der Waals surface area contributed by atoms with Gasteiger partial charge < -0.3 is 20.1 Å². The Balaban J connectivity index is 2.51. The molecule has 3 N–H and O–H groups in total. The van der Waals surface area contributed by atoms with Gasteiger partial charge in [0, 0.05) is 0 Å². The predicted molar refractivity (Wildman–Crippen MR) is 60.3 cm³/mol. The minimum Gasteiger partial charge on any atom is -0.491 e. The molecule has 0 saturated carbocycles. The lowest BCUT2D eigenvalue weighted by atomic mass is 10.1. The van der Waals surface area contributed by atoms with E-state index >= 15 is 0 Å². The van der Waals surface area contributed by atoms with Gasteiger partial charge in [-0.05, 0) is 24.1 Å². The van der Waals surface area contributed by atoms with Gasteiger partial charge in [-0.15, -0.1) is 0 Å². The molecule has 1 rings (SSSR count). The Morgan fingerprint density at radius 2 is 1.81 bits per heavy atom. The monoisotopic (exact) mass is 226 g/mol. The first kappa shape index (κ1) is 13.0. The summed E-state index contributed by atoms with van der Waals surface area (Å²) in [6.07, 6.45) is -0.637. The van der Waals surface area contributed by atoms with Crippen LogP contribution in [0, 0.1) is 0 Å². The third kappa shape index (κ3) is 3.81. The van der Waals surface area contributed by atoms with E-state index in [2.05, 4.69) is 0 Å². The van der Waals surface area contributed by atoms with Crippen LogP contribution in [0.4, 0.5) is 0 Å². The van der Waals surface area contributed by atoms with Gasteiger partial charge in [-0.25, -0.2) is 0 Å². The van der Waals surface area contributed by atoms with Crippen molar-refractivity contribution in [1.82, 2.24) is 0 Å². The smallest absolute Gasteiger partial charge is 0.119 e. The first-order chi connectivity index (χ1) is 7.67. The van der Waals surface area contributed by atoms with Crippen molar-refractivity contribution in [2.45, 2.75) is 25.6 Å². The quantitative estimate of drug-likeness (QED) is 0.673. The van der Waals surface area contributed by atoms with Gasteiger partial charge in [-0.3, -0.25) is 0 Å². The van der Waals surface area contributed by atoms with Crippen molar-refractivity contribution in [3.8, 4) is 5.75 Å². The van der Waals surface area contributed by atoms with E-state index in [1.54, 1.807) is 24.3 Å². The van der Waals surface area contributed by atoms with Gasteiger partial charge in [0.2, 0.25) is 0 Å². The maximum Gasteiger partial charge on any atom is 0.119 e. The number of aliphatic hydroxyl groups excluding tert-OH is 3. The standard InChI is InChI=1S/C12H18O4/c1-2-12(15)9-3-5-11(6-4-9)16-8-10(14)7-13/h3-6,10,12-15H,2,7-8H2,1H3/t10?,12-/m0/s1. The second kappa shape index (κ2) is 6.48. The SMILES string of the molecule is CC[C@H](O)c1ccc(OCC(O)CO)cc1. The van der Waals surface area contributed by atoms with Gasteiger partial charge in [-0.1, -0.05) is 19.1 Å². The van der Waals surface area contributed by atoms with Crippen LogP contribution in [0.15, 0.2) is 24.3 Å². The van der Waals surface area contributed by atoms with E-state index in [9.17, 15) is 5.11 Å². The average molecular weight is 226 g/mol. The third-order valence-corrected chi connectivity index (χ3v) is 2.30. The predicted octanol–water partition coefficient (Wildman–Crippen LogP) is 0.862. The minimum atomic E-state index is -0.860. The van der Waals surface area contributed by atoms with Crippen LogP contribution in [0.3, 0.4) is 0 Å². The van der Waals surface area contributed by atoms with E-state index in [1.165, 1.54) is 0 Å². The van der Waals surface area contributed by atoms with Gasteiger partial charge in [0.05, 0.1) is 12.7 Å². The van der Waals surface area contributed by atoms with Crippen LogP contribution in [0.2, 0.25) is 0 Å². The lowest BCUT2D eigenvalue weighted by Gasteiger charge is -2.11. The second-order valence-electron chi connectivity index (χ2n) is 3.64. The topological polar surface area (TPSA) is 69.9 Å². The van der Waals surface area contributed by atoms with Crippen LogP contribution >= 0.6 is 0 Å². The van der Waals surface area contributed by atoms with E-state index < -0.39 is 12.2 Å². The Kier molecular flexibility index (Phi) is 5.25. The van der Waals surface area contributed by atoms with Crippen LogP contribution in [0.25, 0.3) is 0 Å². The van der Waals surface area contributed by atoms with Crippen molar-refractivity contribution in [3.05, 3.63) is 29.8 Å². The lowest BCUT2D eigenvalue weighted by molar-refractivity contribution is 0.0536. The van der Waals surface area contributed by atoms with Crippen LogP contribution < -0.4 is 4.74 Å². The molecule has 0 spiro atoms. The van der Waals surface area contributed by atoms with Crippen molar-refractivity contribution in [1.29, 1.82) is 0 Å². The Morgan fingerprint density at radius 3 is 2.31 bits per heavy atom. The van der Waals surface area contributed by atoms with Gasteiger partial charge in [0.15, 0.2) is 0 Å². The van der Waals surface area contributed by atoms with Crippen LogP contribution in [-0.2, 0) is 0 Å². The molecule has 0 saturated heterocycles. The highest BCUT2D eigenvalue weighted by Gasteiger charge is 2.06. The zero-order valence-electron chi connectivity index (χ0n) is 9.34. The summed E-state index contributed by atoms with van der Waals surface area (Å²) in [4.78, 5) is 0. The maximum absolute atomic E-state index is 9.56. The molecule has 4 heteroatoms. The molecular weight excluding hydrogens is 208 g/mol. The minimum absolute atomic E-state index is 0.0617. The molecule has 0 aliphatic carbocycles. The number of benzene rings is 1. The van der Waals surface area contributed by atoms with E-state index in [4.69, 9.17) is 14.9 Å². The number of hydrogen-bond donors (Lipinski definition) is 3. The molecule has 0 fully saturated rings. The Morgan fingerprint density at radius 1 is 1.19 bits per heavy atom. The summed E-state index contributed by atoms with van der Waals surface area (Å²) in [5.74, 6) is 0.611. The molecule has 1 unspecified atom stereocenters. The molecule has 16 heavy (non-hydrogen) atoms. The van der Waals surface area contributed by atoms with Gasteiger partial charge in [0.1, 0.15) is 18.5 Å². The maximum atomic E-state index is 9.56. The van der Waals surface area contributed by atoms with E-state index in [0.717, 1.165) is 5.56 Å². The van der Waals surface area contributed by atoms with Crippen molar-refractivity contribution < 1.29 is 20.1 Å². The van der Waals surface area contributed by atoms with Gasteiger partial charge in [-0.2, -0.15) is 0 Å². The normalized spacial score (nSPS) is 14.5. The summed E-state index contributed by atoms with van der Waals surface area (Å²) in [5.41, 5.74) is 0.845. The first-order valence-corrected chi connectivity index (χ1v) is 5.37. The lowest BCUT2D eigenvalue weighted by Crippen LogP contribution is -2.21. The summed E-state index contributed by atoms with van der Waals surface area (Å²) in [6, 6.07) is 7.04. The summed E-state index contributed by atoms with van der Waals surface area (Å²) in [5, 5.41) is 27.2. The van der Waals surface area contributed by atoms with Crippen LogP contribution in [-0.4, -0.2) is 34.6 Å². The fourth-order valence-corrected chi connectivity index (χ4v) is 1.27. The summed E-state index contributed by atoms with van der Waals surface area (Å²) in [6.45, 7) is 1.66. The van der Waals surface area contributed by atoms with Crippen molar-refractivity contribution in [2.24, 2.45) is 0 Å². The van der Waals surface area contributed by atoms with E-state index in [0.29, 0.717) is 12.2 Å². The zero-order chi connectivity index (χ0) is 12.0. The zero-order valence-corrected chi connectivity index (χ0v) is 9.34. The largest absolute Gasteiger partial charge is 0.491 e. The number of rotatable bonds is 6. The Bertz CT molecular complexity index is 296. The number of hydrogen-bond acceptors (Lipinski definition) is 4. The molecule has 1 aromatic carbocycles. The average Bonchev–Trinajstić information content (AvgIpc) is 2.35. The molecule has 0 aliphatic heterocycles. The first-order valence-electron chi connectivity index (χ1n) is 5.37. The Labute approximate surface area is 95.1 Å². The van der Waals surface area contributed by atoms with Crippen molar-refractivity contribution in [3.63, 3.8) is 0 Å². The summed E-state index contributed by atoms with van der Waals surface area (Å²) >= 11 is 0. The molecule has 2 atom stereocenters. The number of ether oxygens (including phenoxy) is 1. The molecule has 0 heterocycles. The molecule has 0 amide bonds. The third-order valence-electron chi connectivity index (χ3n) is 2.30. The van der Waals surface area contributed by atoms with Crippen LogP contribution in [0.5, 0.6) is 5.75 Å². The van der Waals surface area contributed by atoms with Gasteiger partial charge in [0.25, 0.3) is 0 Å². The van der Waals surface area contributed by atoms with Crippen LogP contribution in [0.1, 0.15) is 25.0 Å². The Hall–Kier alpha value is -1.10. The highest BCUT2D eigenvalue weighted by Crippen LogP contribution is 2.19. The molecule has 4 nitrogen and oxygen atoms in total. The van der Waals surface area contributed by atoms with E-state index in [-0.39, 0.29) is 13.2 Å². The summed E-state index contributed by atoms with van der Waals surface area (Å²) < 4.78 is 5.24. The molecule has 1 aromatic rings.